The maximum absolute atomic E-state index is 12.2. The monoisotopic (exact) mass is 668 g/mol. The SMILES string of the molecule is COC(=O)[C@@H]1CCCN1.COC(=O)[C@@H]1CCCN1C(=O)Cc1ccc(Br)cc1.O=C(O)Cc1ccc(Br)cc1. The van der Waals surface area contributed by atoms with E-state index in [1.807, 2.05) is 36.4 Å². The fourth-order valence-electron chi connectivity index (χ4n) is 4.13. The van der Waals surface area contributed by atoms with E-state index >= 15 is 0 Å². The number of halogens is 2. The minimum atomic E-state index is -0.799. The number of hydrogen-bond donors (Lipinski definition) is 2. The number of carboxylic acid groups (broad SMARTS) is 1. The van der Waals surface area contributed by atoms with Crippen molar-refractivity contribution in [2.45, 2.75) is 50.6 Å². The van der Waals surface area contributed by atoms with Gasteiger partial charge in [0, 0.05) is 15.5 Å². The van der Waals surface area contributed by atoms with E-state index in [1.165, 1.54) is 14.2 Å². The van der Waals surface area contributed by atoms with Crippen molar-refractivity contribution in [1.82, 2.24) is 10.2 Å². The quantitative estimate of drug-likeness (QED) is 0.440. The zero-order valence-corrected chi connectivity index (χ0v) is 25.2. The molecule has 1 amide bonds. The maximum Gasteiger partial charge on any atom is 0.328 e. The number of carboxylic acids is 1. The number of benzene rings is 2. The Labute approximate surface area is 245 Å². The third kappa shape index (κ3) is 11.5. The molecular formula is C28H34Br2N2O7. The highest BCUT2D eigenvalue weighted by atomic mass is 79.9. The normalized spacial score (nSPS) is 17.7. The lowest BCUT2D eigenvalue weighted by molar-refractivity contribution is -0.150. The van der Waals surface area contributed by atoms with Crippen LogP contribution in [0, 0.1) is 0 Å². The summed E-state index contributed by atoms with van der Waals surface area (Å²) in [5.74, 6) is -1.27. The Morgan fingerprint density at radius 3 is 1.85 bits per heavy atom. The van der Waals surface area contributed by atoms with E-state index in [0.717, 1.165) is 45.9 Å². The summed E-state index contributed by atoms with van der Waals surface area (Å²) in [6.45, 7) is 1.58. The summed E-state index contributed by atoms with van der Waals surface area (Å²) in [5, 5.41) is 11.5. The first-order valence-electron chi connectivity index (χ1n) is 12.5. The van der Waals surface area contributed by atoms with Crippen LogP contribution in [0.3, 0.4) is 0 Å². The van der Waals surface area contributed by atoms with Gasteiger partial charge in [-0.05, 0) is 67.6 Å². The van der Waals surface area contributed by atoms with Gasteiger partial charge in [0.15, 0.2) is 0 Å². The first-order chi connectivity index (χ1) is 18.6. The summed E-state index contributed by atoms with van der Waals surface area (Å²) < 4.78 is 11.2. The average molecular weight is 670 g/mol. The highest BCUT2D eigenvalue weighted by Gasteiger charge is 2.34. The smallest absolute Gasteiger partial charge is 0.328 e. The number of ether oxygens (including phenoxy) is 2. The van der Waals surface area contributed by atoms with E-state index in [4.69, 9.17) is 9.84 Å². The molecule has 2 heterocycles. The highest BCUT2D eigenvalue weighted by Crippen LogP contribution is 2.20. The number of methoxy groups -OCH3 is 2. The Hall–Kier alpha value is -2.76. The zero-order valence-electron chi connectivity index (χ0n) is 22.0. The van der Waals surface area contributed by atoms with Crippen LogP contribution < -0.4 is 5.32 Å². The fourth-order valence-corrected chi connectivity index (χ4v) is 4.66. The summed E-state index contributed by atoms with van der Waals surface area (Å²) in [4.78, 5) is 46.4. The predicted molar refractivity (Wildman–Crippen MR) is 153 cm³/mol. The van der Waals surface area contributed by atoms with E-state index in [2.05, 4.69) is 41.9 Å². The van der Waals surface area contributed by atoms with Crippen molar-refractivity contribution in [3.05, 3.63) is 68.6 Å². The predicted octanol–water partition coefficient (Wildman–Crippen LogP) is 4.14. The Bertz CT molecular complexity index is 1090. The second-order valence-electron chi connectivity index (χ2n) is 8.94. The van der Waals surface area contributed by atoms with Gasteiger partial charge in [-0.1, -0.05) is 56.1 Å². The van der Waals surface area contributed by atoms with Crippen LogP contribution in [-0.2, 0) is 41.5 Å². The second-order valence-corrected chi connectivity index (χ2v) is 10.8. The number of hydrogen-bond acceptors (Lipinski definition) is 7. The van der Waals surface area contributed by atoms with Gasteiger partial charge in [0.2, 0.25) is 5.91 Å². The molecule has 2 N–H and O–H groups in total. The molecule has 2 aromatic rings. The van der Waals surface area contributed by atoms with Crippen LogP contribution in [0.1, 0.15) is 36.8 Å². The average Bonchev–Trinajstić information content (AvgIpc) is 3.64. The minimum Gasteiger partial charge on any atom is -0.481 e. The van der Waals surface area contributed by atoms with Crippen LogP contribution in [0.15, 0.2) is 57.5 Å². The Morgan fingerprint density at radius 1 is 0.846 bits per heavy atom. The van der Waals surface area contributed by atoms with Crippen molar-refractivity contribution >= 4 is 55.7 Å². The van der Waals surface area contributed by atoms with Gasteiger partial charge < -0.3 is 24.8 Å². The maximum atomic E-state index is 12.2. The molecule has 4 rings (SSSR count). The van der Waals surface area contributed by atoms with Crippen LogP contribution >= 0.6 is 31.9 Å². The fraction of sp³-hybridized carbons (Fsp3) is 0.429. The largest absolute Gasteiger partial charge is 0.481 e. The van der Waals surface area contributed by atoms with Gasteiger partial charge in [-0.2, -0.15) is 0 Å². The molecule has 2 atom stereocenters. The number of aliphatic carboxylic acids is 1. The third-order valence-corrected chi connectivity index (χ3v) is 7.19. The summed E-state index contributed by atoms with van der Waals surface area (Å²) in [7, 11) is 2.78. The summed E-state index contributed by atoms with van der Waals surface area (Å²) >= 11 is 6.62. The molecule has 0 radical (unpaired) electrons. The van der Waals surface area contributed by atoms with E-state index in [9.17, 15) is 19.2 Å². The number of esters is 2. The van der Waals surface area contributed by atoms with Crippen molar-refractivity contribution in [2.24, 2.45) is 0 Å². The van der Waals surface area contributed by atoms with Gasteiger partial charge >= 0.3 is 17.9 Å². The molecule has 212 valence electrons. The standard InChI is InChI=1S/C14H16BrNO3.C8H7BrO2.C6H11NO2/c1-19-14(18)12-3-2-8-16(12)13(17)9-10-4-6-11(15)7-5-10;9-7-3-1-6(2-4-7)5-8(10)11;1-9-6(8)5-3-2-4-7-5/h4-7,12H,2-3,8-9H2,1H3;1-4H,5H2,(H,10,11);5,7H,2-4H2,1H3/t12-;;5-/m0.0/s1. The van der Waals surface area contributed by atoms with Gasteiger partial charge in [0.1, 0.15) is 12.1 Å². The lowest BCUT2D eigenvalue weighted by Gasteiger charge is -2.22. The van der Waals surface area contributed by atoms with Crippen LogP contribution in [0.2, 0.25) is 0 Å². The first kappa shape index (κ1) is 32.5. The number of carbonyl (C=O) groups excluding carboxylic acids is 3. The molecule has 2 saturated heterocycles. The molecule has 2 aliphatic rings. The third-order valence-electron chi connectivity index (χ3n) is 6.13. The molecule has 0 aliphatic carbocycles. The van der Waals surface area contributed by atoms with Crippen molar-refractivity contribution in [3.8, 4) is 0 Å². The Balaban J connectivity index is 0.000000226. The van der Waals surface area contributed by atoms with Crippen molar-refractivity contribution in [3.63, 3.8) is 0 Å². The number of likely N-dealkylation sites (tertiary alicyclic amines) is 1. The molecule has 9 nitrogen and oxygen atoms in total. The zero-order chi connectivity index (χ0) is 28.8. The molecule has 2 aliphatic heterocycles. The summed E-state index contributed by atoms with van der Waals surface area (Å²) in [6.07, 6.45) is 3.96. The van der Waals surface area contributed by atoms with Gasteiger partial charge in [0.25, 0.3) is 0 Å². The topological polar surface area (TPSA) is 122 Å². The van der Waals surface area contributed by atoms with Crippen LogP contribution in [0.4, 0.5) is 0 Å². The Morgan fingerprint density at radius 2 is 1.38 bits per heavy atom. The van der Waals surface area contributed by atoms with Gasteiger partial charge in [-0.25, -0.2) is 4.79 Å². The van der Waals surface area contributed by atoms with Crippen LogP contribution in [-0.4, -0.2) is 73.2 Å². The molecule has 0 aromatic heterocycles. The summed E-state index contributed by atoms with van der Waals surface area (Å²) in [6, 6.07) is 14.4. The van der Waals surface area contributed by atoms with Gasteiger partial charge in [-0.3, -0.25) is 14.4 Å². The van der Waals surface area contributed by atoms with E-state index in [-0.39, 0.29) is 30.3 Å². The van der Waals surface area contributed by atoms with E-state index in [0.29, 0.717) is 19.4 Å². The number of amides is 1. The number of nitrogens with one attached hydrogen (secondary N) is 1. The Kier molecular flexibility index (Phi) is 14.2. The molecule has 0 bridgehead atoms. The van der Waals surface area contributed by atoms with Crippen LogP contribution in [0.25, 0.3) is 0 Å². The molecule has 11 heteroatoms. The molecule has 39 heavy (non-hydrogen) atoms. The number of nitrogens with zero attached hydrogens (tertiary/aromatic N) is 1. The minimum absolute atomic E-state index is 0.0183. The van der Waals surface area contributed by atoms with Gasteiger partial charge in [-0.15, -0.1) is 0 Å². The lowest BCUT2D eigenvalue weighted by Crippen LogP contribution is -2.41. The van der Waals surface area contributed by atoms with E-state index < -0.39 is 12.0 Å². The summed E-state index contributed by atoms with van der Waals surface area (Å²) in [5.41, 5.74) is 1.77. The molecule has 2 aromatic carbocycles. The van der Waals surface area contributed by atoms with Crippen molar-refractivity contribution < 1.29 is 33.8 Å². The molecule has 0 unspecified atom stereocenters. The highest BCUT2D eigenvalue weighted by molar-refractivity contribution is 9.10. The van der Waals surface area contributed by atoms with Gasteiger partial charge in [0.05, 0.1) is 27.1 Å². The van der Waals surface area contributed by atoms with Crippen molar-refractivity contribution in [1.29, 1.82) is 0 Å². The van der Waals surface area contributed by atoms with Crippen LogP contribution in [0.5, 0.6) is 0 Å². The molecule has 0 spiro atoms. The van der Waals surface area contributed by atoms with Crippen molar-refractivity contribution in [2.75, 3.05) is 27.3 Å². The molecular weight excluding hydrogens is 636 g/mol. The molecule has 2 fully saturated rings. The van der Waals surface area contributed by atoms with E-state index in [1.54, 1.807) is 17.0 Å². The molecule has 0 saturated carbocycles. The number of rotatable bonds is 6. The lowest BCUT2D eigenvalue weighted by atomic mass is 10.1. The first-order valence-corrected chi connectivity index (χ1v) is 14.1. The second kappa shape index (κ2) is 17.0. The number of carbonyl (C=O) groups is 4.